The van der Waals surface area contributed by atoms with Crippen LogP contribution in [0.2, 0.25) is 0 Å². The van der Waals surface area contributed by atoms with E-state index in [4.69, 9.17) is 4.74 Å². The fraction of sp³-hybridized carbons (Fsp3) is 0.571. The SMILES string of the molecule is COc1ccccc1NC(C)C1CCCC1. The summed E-state index contributed by atoms with van der Waals surface area (Å²) in [4.78, 5) is 0. The van der Waals surface area contributed by atoms with E-state index in [1.165, 1.54) is 25.7 Å². The molecule has 0 bridgehead atoms. The van der Waals surface area contributed by atoms with Crippen LogP contribution < -0.4 is 10.1 Å². The van der Waals surface area contributed by atoms with Gasteiger partial charge in [0.1, 0.15) is 5.75 Å². The maximum atomic E-state index is 5.35. The van der Waals surface area contributed by atoms with Crippen LogP contribution in [0.3, 0.4) is 0 Å². The van der Waals surface area contributed by atoms with Gasteiger partial charge in [-0.3, -0.25) is 0 Å². The molecule has 0 heterocycles. The lowest BCUT2D eigenvalue weighted by Gasteiger charge is -2.22. The van der Waals surface area contributed by atoms with Gasteiger partial charge in [-0.2, -0.15) is 0 Å². The second-order valence-corrected chi connectivity index (χ2v) is 4.68. The van der Waals surface area contributed by atoms with E-state index in [-0.39, 0.29) is 0 Å². The molecule has 2 nitrogen and oxygen atoms in total. The monoisotopic (exact) mass is 219 g/mol. The number of benzene rings is 1. The molecule has 16 heavy (non-hydrogen) atoms. The van der Waals surface area contributed by atoms with Crippen molar-refractivity contribution in [1.29, 1.82) is 0 Å². The summed E-state index contributed by atoms with van der Waals surface area (Å²) in [7, 11) is 1.72. The van der Waals surface area contributed by atoms with E-state index in [0.717, 1.165) is 17.4 Å². The highest BCUT2D eigenvalue weighted by atomic mass is 16.5. The second-order valence-electron chi connectivity index (χ2n) is 4.68. The van der Waals surface area contributed by atoms with E-state index < -0.39 is 0 Å². The van der Waals surface area contributed by atoms with Gasteiger partial charge in [0.2, 0.25) is 0 Å². The van der Waals surface area contributed by atoms with E-state index >= 15 is 0 Å². The molecule has 1 saturated carbocycles. The van der Waals surface area contributed by atoms with E-state index in [9.17, 15) is 0 Å². The summed E-state index contributed by atoms with van der Waals surface area (Å²) in [5, 5.41) is 3.58. The Bertz CT molecular complexity index is 331. The third-order valence-corrected chi connectivity index (χ3v) is 3.60. The Labute approximate surface area is 98.0 Å². The van der Waals surface area contributed by atoms with Crippen molar-refractivity contribution in [3.63, 3.8) is 0 Å². The molecule has 1 aliphatic rings. The quantitative estimate of drug-likeness (QED) is 0.834. The standard InChI is InChI=1S/C14H21NO/c1-11(12-7-3-4-8-12)15-13-9-5-6-10-14(13)16-2/h5-6,9-12,15H,3-4,7-8H2,1-2H3. The lowest BCUT2D eigenvalue weighted by atomic mass is 9.99. The first-order chi connectivity index (χ1) is 7.81. The molecular formula is C14H21NO. The minimum Gasteiger partial charge on any atom is -0.495 e. The number of hydrogen-bond donors (Lipinski definition) is 1. The van der Waals surface area contributed by atoms with E-state index in [1.54, 1.807) is 7.11 Å². The summed E-state index contributed by atoms with van der Waals surface area (Å²) >= 11 is 0. The minimum absolute atomic E-state index is 0.541. The Balaban J connectivity index is 2.01. The molecule has 2 heteroatoms. The van der Waals surface area contributed by atoms with Crippen molar-refractivity contribution in [1.82, 2.24) is 0 Å². The number of nitrogens with one attached hydrogen (secondary N) is 1. The molecule has 88 valence electrons. The first-order valence-electron chi connectivity index (χ1n) is 6.21. The first-order valence-corrected chi connectivity index (χ1v) is 6.21. The Morgan fingerprint density at radius 2 is 1.94 bits per heavy atom. The van der Waals surface area contributed by atoms with E-state index in [0.29, 0.717) is 6.04 Å². The lowest BCUT2D eigenvalue weighted by molar-refractivity contribution is 0.413. The first kappa shape index (κ1) is 11.3. The van der Waals surface area contributed by atoms with Gasteiger partial charge in [-0.15, -0.1) is 0 Å². The average Bonchev–Trinajstić information content (AvgIpc) is 2.83. The molecular weight excluding hydrogens is 198 g/mol. The zero-order valence-electron chi connectivity index (χ0n) is 10.2. The fourth-order valence-electron chi connectivity index (χ4n) is 2.58. The Morgan fingerprint density at radius 3 is 2.62 bits per heavy atom. The summed E-state index contributed by atoms with van der Waals surface area (Å²) in [6.07, 6.45) is 5.51. The van der Waals surface area contributed by atoms with Crippen molar-refractivity contribution in [2.24, 2.45) is 5.92 Å². The summed E-state index contributed by atoms with van der Waals surface area (Å²) < 4.78 is 5.35. The zero-order valence-corrected chi connectivity index (χ0v) is 10.2. The van der Waals surface area contributed by atoms with Crippen molar-refractivity contribution in [3.05, 3.63) is 24.3 Å². The molecule has 1 N–H and O–H groups in total. The molecule has 0 aliphatic heterocycles. The molecule has 0 aromatic heterocycles. The Kier molecular flexibility index (Phi) is 3.70. The third kappa shape index (κ3) is 2.49. The highest BCUT2D eigenvalue weighted by Crippen LogP contribution is 2.31. The zero-order chi connectivity index (χ0) is 11.4. The van der Waals surface area contributed by atoms with Crippen LogP contribution in [-0.4, -0.2) is 13.2 Å². The molecule has 1 aliphatic carbocycles. The molecule has 1 aromatic carbocycles. The van der Waals surface area contributed by atoms with Crippen LogP contribution >= 0.6 is 0 Å². The van der Waals surface area contributed by atoms with Crippen LogP contribution in [0.5, 0.6) is 5.75 Å². The van der Waals surface area contributed by atoms with Crippen molar-refractivity contribution >= 4 is 5.69 Å². The molecule has 0 saturated heterocycles. The smallest absolute Gasteiger partial charge is 0.141 e. The summed E-state index contributed by atoms with van der Waals surface area (Å²) in [6.45, 7) is 2.28. The summed E-state index contributed by atoms with van der Waals surface area (Å²) in [5.74, 6) is 1.76. The van der Waals surface area contributed by atoms with Gasteiger partial charge < -0.3 is 10.1 Å². The van der Waals surface area contributed by atoms with Crippen molar-refractivity contribution in [2.45, 2.75) is 38.6 Å². The number of para-hydroxylation sites is 2. The van der Waals surface area contributed by atoms with Crippen LogP contribution in [0, 0.1) is 5.92 Å². The van der Waals surface area contributed by atoms with Crippen LogP contribution in [0.1, 0.15) is 32.6 Å². The lowest BCUT2D eigenvalue weighted by Crippen LogP contribution is -2.23. The largest absolute Gasteiger partial charge is 0.495 e. The predicted octanol–water partition coefficient (Wildman–Crippen LogP) is 3.69. The molecule has 1 fully saturated rings. The molecule has 0 radical (unpaired) electrons. The summed E-state index contributed by atoms with van der Waals surface area (Å²) in [6, 6.07) is 8.68. The van der Waals surface area contributed by atoms with Crippen LogP contribution in [0.15, 0.2) is 24.3 Å². The highest BCUT2D eigenvalue weighted by molar-refractivity contribution is 5.56. The van der Waals surface area contributed by atoms with Gasteiger partial charge in [0, 0.05) is 6.04 Å². The number of methoxy groups -OCH3 is 1. The number of anilines is 1. The van der Waals surface area contributed by atoms with Crippen LogP contribution in [0.4, 0.5) is 5.69 Å². The average molecular weight is 219 g/mol. The van der Waals surface area contributed by atoms with E-state index in [1.807, 2.05) is 18.2 Å². The number of rotatable bonds is 4. The number of hydrogen-bond acceptors (Lipinski definition) is 2. The van der Waals surface area contributed by atoms with Gasteiger partial charge in [0.25, 0.3) is 0 Å². The van der Waals surface area contributed by atoms with Gasteiger partial charge in [-0.1, -0.05) is 25.0 Å². The van der Waals surface area contributed by atoms with Gasteiger partial charge in [-0.05, 0) is 37.8 Å². The molecule has 1 atom stereocenters. The fourth-order valence-corrected chi connectivity index (χ4v) is 2.58. The van der Waals surface area contributed by atoms with Gasteiger partial charge >= 0.3 is 0 Å². The molecule has 0 spiro atoms. The molecule has 1 unspecified atom stereocenters. The topological polar surface area (TPSA) is 21.3 Å². The van der Waals surface area contributed by atoms with Crippen molar-refractivity contribution in [2.75, 3.05) is 12.4 Å². The molecule has 1 aromatic rings. The normalized spacial score (nSPS) is 18.4. The van der Waals surface area contributed by atoms with Gasteiger partial charge in [-0.25, -0.2) is 0 Å². The molecule has 0 amide bonds. The van der Waals surface area contributed by atoms with E-state index in [2.05, 4.69) is 18.3 Å². The highest BCUT2D eigenvalue weighted by Gasteiger charge is 2.21. The van der Waals surface area contributed by atoms with Gasteiger partial charge in [0.15, 0.2) is 0 Å². The van der Waals surface area contributed by atoms with Crippen LogP contribution in [-0.2, 0) is 0 Å². The summed E-state index contributed by atoms with van der Waals surface area (Å²) in [5.41, 5.74) is 1.12. The second kappa shape index (κ2) is 5.24. The van der Waals surface area contributed by atoms with Crippen molar-refractivity contribution in [3.8, 4) is 5.75 Å². The maximum absolute atomic E-state index is 5.35. The Morgan fingerprint density at radius 1 is 1.25 bits per heavy atom. The third-order valence-electron chi connectivity index (χ3n) is 3.60. The minimum atomic E-state index is 0.541. The molecule has 2 rings (SSSR count). The maximum Gasteiger partial charge on any atom is 0.141 e. The Hall–Kier alpha value is -1.18. The van der Waals surface area contributed by atoms with Crippen LogP contribution in [0.25, 0.3) is 0 Å². The van der Waals surface area contributed by atoms with Gasteiger partial charge in [0.05, 0.1) is 12.8 Å². The predicted molar refractivity (Wildman–Crippen MR) is 68.0 cm³/mol. The van der Waals surface area contributed by atoms with Crippen molar-refractivity contribution < 1.29 is 4.74 Å². The number of ether oxygens (including phenoxy) is 1.